The molecule has 3 N–H and O–H groups in total. The molecule has 0 bridgehead atoms. The summed E-state index contributed by atoms with van der Waals surface area (Å²) in [5.41, 5.74) is 6.07. The summed E-state index contributed by atoms with van der Waals surface area (Å²) in [5.74, 6) is 0.227. The van der Waals surface area contributed by atoms with Gasteiger partial charge >= 0.3 is 0 Å². The first kappa shape index (κ1) is 16.7. The average molecular weight is 302 g/mol. The van der Waals surface area contributed by atoms with E-state index in [1.807, 2.05) is 6.92 Å². The third kappa shape index (κ3) is 4.36. The summed E-state index contributed by atoms with van der Waals surface area (Å²) in [6.45, 7) is 2.31. The number of sulfonamides is 1. The molecule has 6 nitrogen and oxygen atoms in total. The fraction of sp³-hybridized carbons (Fsp3) is 0.538. The van der Waals surface area contributed by atoms with Gasteiger partial charge < -0.3 is 15.2 Å². The Morgan fingerprint density at radius 3 is 2.60 bits per heavy atom. The quantitative estimate of drug-likeness (QED) is 0.708. The summed E-state index contributed by atoms with van der Waals surface area (Å²) in [7, 11) is -0.722. The number of benzene rings is 1. The largest absolute Gasteiger partial charge is 0.495 e. The molecule has 114 valence electrons. The van der Waals surface area contributed by atoms with E-state index in [-0.39, 0.29) is 16.7 Å². The van der Waals surface area contributed by atoms with E-state index >= 15 is 0 Å². The lowest BCUT2D eigenvalue weighted by atomic mass is 10.2. The van der Waals surface area contributed by atoms with E-state index in [1.165, 1.54) is 25.3 Å². The third-order valence-electron chi connectivity index (χ3n) is 2.80. The highest BCUT2D eigenvalue weighted by atomic mass is 32.2. The fourth-order valence-electron chi connectivity index (χ4n) is 1.92. The summed E-state index contributed by atoms with van der Waals surface area (Å²) in [5, 5.41) is 0. The molecule has 0 spiro atoms. The predicted molar refractivity (Wildman–Crippen MR) is 78.3 cm³/mol. The zero-order valence-electron chi connectivity index (χ0n) is 12.0. The molecular formula is C13H22N2O4S. The number of hydrogen-bond donors (Lipinski definition) is 2. The lowest BCUT2D eigenvalue weighted by molar-refractivity contribution is 0.171. The van der Waals surface area contributed by atoms with Crippen LogP contribution < -0.4 is 15.2 Å². The molecule has 0 radical (unpaired) electrons. The minimum atomic E-state index is -3.67. The van der Waals surface area contributed by atoms with E-state index in [4.69, 9.17) is 15.2 Å². The van der Waals surface area contributed by atoms with Gasteiger partial charge in [-0.1, -0.05) is 13.3 Å². The number of methoxy groups -OCH3 is 2. The van der Waals surface area contributed by atoms with Crippen LogP contribution in [-0.4, -0.2) is 35.3 Å². The molecular weight excluding hydrogens is 280 g/mol. The minimum absolute atomic E-state index is 0.0754. The molecule has 20 heavy (non-hydrogen) atoms. The summed E-state index contributed by atoms with van der Waals surface area (Å²) in [4.78, 5) is 0.0754. The second-order valence-corrected chi connectivity index (χ2v) is 6.15. The van der Waals surface area contributed by atoms with Gasteiger partial charge in [0.25, 0.3) is 0 Å². The van der Waals surface area contributed by atoms with Crippen LogP contribution in [0, 0.1) is 0 Å². The highest BCUT2D eigenvalue weighted by Crippen LogP contribution is 2.26. The average Bonchev–Trinajstić information content (AvgIpc) is 2.38. The maximum Gasteiger partial charge on any atom is 0.244 e. The maximum atomic E-state index is 12.4. The monoisotopic (exact) mass is 302 g/mol. The molecule has 0 aliphatic rings. The van der Waals surface area contributed by atoms with Crippen molar-refractivity contribution in [2.75, 3.05) is 26.6 Å². The van der Waals surface area contributed by atoms with Crippen LogP contribution in [0.1, 0.15) is 19.8 Å². The van der Waals surface area contributed by atoms with Crippen LogP contribution in [0.2, 0.25) is 0 Å². The Balaban J connectivity index is 3.03. The van der Waals surface area contributed by atoms with Crippen LogP contribution in [0.3, 0.4) is 0 Å². The molecule has 0 heterocycles. The molecule has 0 amide bonds. The van der Waals surface area contributed by atoms with E-state index in [1.54, 1.807) is 7.11 Å². The first-order valence-corrected chi connectivity index (χ1v) is 7.87. The molecule has 1 unspecified atom stereocenters. The van der Waals surface area contributed by atoms with Crippen molar-refractivity contribution in [3.8, 4) is 5.75 Å². The molecule has 1 aromatic carbocycles. The van der Waals surface area contributed by atoms with Crippen LogP contribution in [0.15, 0.2) is 23.1 Å². The van der Waals surface area contributed by atoms with E-state index in [2.05, 4.69) is 4.72 Å². The van der Waals surface area contributed by atoms with Gasteiger partial charge in [-0.15, -0.1) is 0 Å². The van der Waals surface area contributed by atoms with Crippen LogP contribution in [-0.2, 0) is 14.8 Å². The Bertz CT molecular complexity index is 525. The summed E-state index contributed by atoms with van der Waals surface area (Å²) in [6, 6.07) is 4.19. The number of nitrogen functional groups attached to an aromatic ring is 1. The number of ether oxygens (including phenoxy) is 2. The van der Waals surface area contributed by atoms with Crippen molar-refractivity contribution in [2.45, 2.75) is 30.7 Å². The fourth-order valence-corrected chi connectivity index (χ4v) is 3.32. The summed E-state index contributed by atoms with van der Waals surface area (Å²) in [6.07, 6.45) is 1.56. The van der Waals surface area contributed by atoms with Gasteiger partial charge in [-0.25, -0.2) is 13.1 Å². The SMILES string of the molecule is CCCC(COC)NS(=O)(=O)c1ccc(N)cc1OC. The van der Waals surface area contributed by atoms with Crippen LogP contribution in [0.4, 0.5) is 5.69 Å². The highest BCUT2D eigenvalue weighted by Gasteiger charge is 2.23. The van der Waals surface area contributed by atoms with Crippen LogP contribution in [0.25, 0.3) is 0 Å². The Morgan fingerprint density at radius 2 is 2.05 bits per heavy atom. The lowest BCUT2D eigenvalue weighted by Crippen LogP contribution is -2.38. The molecule has 0 saturated carbocycles. The Morgan fingerprint density at radius 1 is 1.35 bits per heavy atom. The van der Waals surface area contributed by atoms with Gasteiger partial charge in [0.15, 0.2) is 0 Å². The third-order valence-corrected chi connectivity index (χ3v) is 4.36. The zero-order valence-corrected chi connectivity index (χ0v) is 12.9. The Labute approximate surface area is 120 Å². The second-order valence-electron chi connectivity index (χ2n) is 4.47. The van der Waals surface area contributed by atoms with Crippen molar-refractivity contribution >= 4 is 15.7 Å². The van der Waals surface area contributed by atoms with E-state index in [9.17, 15) is 8.42 Å². The van der Waals surface area contributed by atoms with E-state index < -0.39 is 10.0 Å². The predicted octanol–water partition coefficient (Wildman–Crippen LogP) is 1.37. The first-order valence-electron chi connectivity index (χ1n) is 6.39. The number of nitrogens with two attached hydrogens (primary N) is 1. The molecule has 0 fully saturated rings. The van der Waals surface area contributed by atoms with Gasteiger partial charge in [-0.2, -0.15) is 0 Å². The van der Waals surface area contributed by atoms with Crippen molar-refractivity contribution in [3.05, 3.63) is 18.2 Å². The standard InChI is InChI=1S/C13H22N2O4S/c1-4-5-11(9-18-2)15-20(16,17)13-7-6-10(14)8-12(13)19-3/h6-8,11,15H,4-5,9,14H2,1-3H3. The van der Waals surface area contributed by atoms with Crippen molar-refractivity contribution in [1.82, 2.24) is 4.72 Å². The minimum Gasteiger partial charge on any atom is -0.495 e. The Hall–Kier alpha value is -1.31. The molecule has 0 aromatic heterocycles. The van der Waals surface area contributed by atoms with Crippen LogP contribution in [0.5, 0.6) is 5.75 Å². The van der Waals surface area contributed by atoms with Gasteiger partial charge in [-0.05, 0) is 18.6 Å². The van der Waals surface area contributed by atoms with Crippen LogP contribution >= 0.6 is 0 Å². The Kier molecular flexibility index (Phi) is 6.25. The lowest BCUT2D eigenvalue weighted by Gasteiger charge is -2.18. The van der Waals surface area contributed by atoms with Crippen molar-refractivity contribution in [3.63, 3.8) is 0 Å². The first-order chi connectivity index (χ1) is 9.44. The van der Waals surface area contributed by atoms with Gasteiger partial charge in [-0.3, -0.25) is 0 Å². The highest BCUT2D eigenvalue weighted by molar-refractivity contribution is 7.89. The number of anilines is 1. The van der Waals surface area contributed by atoms with Gasteiger partial charge in [0, 0.05) is 24.9 Å². The maximum absolute atomic E-state index is 12.4. The zero-order chi connectivity index (χ0) is 15.2. The molecule has 1 aromatic rings. The molecule has 1 rings (SSSR count). The van der Waals surface area contributed by atoms with Gasteiger partial charge in [0.1, 0.15) is 10.6 Å². The van der Waals surface area contributed by atoms with Gasteiger partial charge in [0.2, 0.25) is 10.0 Å². The number of rotatable bonds is 8. The topological polar surface area (TPSA) is 90.7 Å². The van der Waals surface area contributed by atoms with Crippen molar-refractivity contribution in [1.29, 1.82) is 0 Å². The molecule has 0 aliphatic heterocycles. The normalized spacial score (nSPS) is 13.2. The van der Waals surface area contributed by atoms with E-state index in [0.717, 1.165) is 6.42 Å². The molecule has 1 atom stereocenters. The van der Waals surface area contributed by atoms with E-state index in [0.29, 0.717) is 18.7 Å². The van der Waals surface area contributed by atoms with Gasteiger partial charge in [0.05, 0.1) is 13.7 Å². The second kappa shape index (κ2) is 7.47. The molecule has 0 saturated heterocycles. The smallest absolute Gasteiger partial charge is 0.244 e. The van der Waals surface area contributed by atoms with Crippen molar-refractivity contribution < 1.29 is 17.9 Å². The number of nitrogens with one attached hydrogen (secondary N) is 1. The van der Waals surface area contributed by atoms with Crippen molar-refractivity contribution in [2.24, 2.45) is 0 Å². The summed E-state index contributed by atoms with van der Waals surface area (Å²) < 4.78 is 37.5. The molecule has 7 heteroatoms. The number of hydrogen-bond acceptors (Lipinski definition) is 5. The molecule has 0 aliphatic carbocycles. The summed E-state index contributed by atoms with van der Waals surface area (Å²) >= 11 is 0.